The minimum atomic E-state index is -0.673. The maximum Gasteiger partial charge on any atom is 0.338 e. The Bertz CT molecular complexity index is 1010. The number of rotatable bonds is 2. The Morgan fingerprint density at radius 2 is 1.85 bits per heavy atom. The van der Waals surface area contributed by atoms with Gasteiger partial charge in [0.1, 0.15) is 23.0 Å². The molecule has 0 saturated carbocycles. The maximum atomic E-state index is 13.0. The summed E-state index contributed by atoms with van der Waals surface area (Å²) in [5.74, 6) is -0.804. The lowest BCUT2D eigenvalue weighted by Crippen LogP contribution is -2.30. The molecule has 2 aromatic carbocycles. The van der Waals surface area contributed by atoms with Crippen LogP contribution >= 0.6 is 0 Å². The van der Waals surface area contributed by atoms with Crippen LogP contribution in [0.25, 0.3) is 10.8 Å². The quantitative estimate of drug-likeness (QED) is 0.807. The first kappa shape index (κ1) is 18.5. The second-order valence-electron chi connectivity index (χ2n) is 7.46. The van der Waals surface area contributed by atoms with Crippen LogP contribution in [0.1, 0.15) is 39.2 Å². The highest BCUT2D eigenvalue weighted by Crippen LogP contribution is 2.42. The number of nitriles is 1. The van der Waals surface area contributed by atoms with E-state index < -0.39 is 17.5 Å². The molecule has 0 fully saturated rings. The third-order valence-corrected chi connectivity index (χ3v) is 4.36. The second-order valence-corrected chi connectivity index (χ2v) is 7.46. The molecule has 0 saturated heterocycles. The summed E-state index contributed by atoms with van der Waals surface area (Å²) in [6.07, 6.45) is 0. The summed E-state index contributed by atoms with van der Waals surface area (Å²) in [6.45, 7) is 7.06. The first-order valence-corrected chi connectivity index (χ1v) is 8.72. The van der Waals surface area contributed by atoms with Crippen molar-refractivity contribution in [2.75, 3.05) is 0 Å². The van der Waals surface area contributed by atoms with Gasteiger partial charge in [0, 0.05) is 0 Å². The summed E-state index contributed by atoms with van der Waals surface area (Å²) >= 11 is 0. The fourth-order valence-corrected chi connectivity index (χ4v) is 3.29. The van der Waals surface area contributed by atoms with E-state index >= 15 is 0 Å². The molecule has 5 heteroatoms. The molecule has 3 rings (SSSR count). The lowest BCUT2D eigenvalue weighted by molar-refractivity contribution is -0.150. The van der Waals surface area contributed by atoms with Gasteiger partial charge >= 0.3 is 5.97 Å². The summed E-state index contributed by atoms with van der Waals surface area (Å²) in [4.78, 5) is 13.0. The molecule has 0 bridgehead atoms. The molecular weight excluding hydrogens is 340 g/mol. The van der Waals surface area contributed by atoms with Gasteiger partial charge in [-0.25, -0.2) is 4.79 Å². The van der Waals surface area contributed by atoms with Crippen LogP contribution in [0, 0.1) is 11.3 Å². The van der Waals surface area contributed by atoms with Crippen molar-refractivity contribution in [1.29, 1.82) is 5.26 Å². The van der Waals surface area contributed by atoms with E-state index in [4.69, 9.17) is 15.2 Å². The Kier molecular flexibility index (Phi) is 4.67. The summed E-state index contributed by atoms with van der Waals surface area (Å²) in [5.41, 5.74) is 6.64. The fraction of sp³-hybridized carbons (Fsp3) is 0.273. The molecule has 0 spiro atoms. The number of nitrogens with zero attached hydrogens (tertiary/aromatic N) is 1. The zero-order chi connectivity index (χ0) is 19.8. The van der Waals surface area contributed by atoms with Crippen molar-refractivity contribution in [3.05, 3.63) is 70.8 Å². The zero-order valence-corrected chi connectivity index (χ0v) is 15.9. The molecule has 27 heavy (non-hydrogen) atoms. The number of esters is 1. The molecule has 2 aromatic rings. The number of hydrogen-bond donors (Lipinski definition) is 1. The van der Waals surface area contributed by atoms with Crippen LogP contribution in [0.5, 0.6) is 0 Å². The largest absolute Gasteiger partial charge is 0.456 e. The van der Waals surface area contributed by atoms with Gasteiger partial charge in [-0.05, 0) is 44.0 Å². The summed E-state index contributed by atoms with van der Waals surface area (Å²) in [6, 6.07) is 15.7. The third-order valence-electron chi connectivity index (χ3n) is 4.36. The second kappa shape index (κ2) is 6.81. The van der Waals surface area contributed by atoms with E-state index in [0.717, 1.165) is 16.3 Å². The van der Waals surface area contributed by atoms with E-state index in [0.29, 0.717) is 11.3 Å². The van der Waals surface area contributed by atoms with E-state index in [1.807, 2.05) is 42.5 Å². The maximum absolute atomic E-state index is 13.0. The molecule has 0 amide bonds. The molecule has 138 valence electrons. The number of benzene rings is 2. The SMILES string of the molecule is CC1=C(C(=O)OC(C)(C)C)C(c2cccc3ccccc23)C(C#N)=C(N)O1. The van der Waals surface area contributed by atoms with Crippen molar-refractivity contribution in [1.82, 2.24) is 0 Å². The highest BCUT2D eigenvalue weighted by atomic mass is 16.6. The Morgan fingerprint density at radius 3 is 2.52 bits per heavy atom. The van der Waals surface area contributed by atoms with Gasteiger partial charge in [-0.2, -0.15) is 5.26 Å². The molecule has 2 N–H and O–H groups in total. The number of carbonyl (C=O) groups is 1. The third kappa shape index (κ3) is 3.52. The van der Waals surface area contributed by atoms with Crippen molar-refractivity contribution >= 4 is 16.7 Å². The molecular formula is C22H22N2O3. The molecule has 1 aliphatic rings. The van der Waals surface area contributed by atoms with Crippen LogP contribution in [0.4, 0.5) is 0 Å². The van der Waals surface area contributed by atoms with Gasteiger partial charge in [0.25, 0.3) is 0 Å². The van der Waals surface area contributed by atoms with E-state index in [-0.39, 0.29) is 11.5 Å². The van der Waals surface area contributed by atoms with Crippen molar-refractivity contribution < 1.29 is 14.3 Å². The molecule has 5 nitrogen and oxygen atoms in total. The average Bonchev–Trinajstić information content (AvgIpc) is 2.59. The lowest BCUT2D eigenvalue weighted by Gasteiger charge is -2.29. The predicted molar refractivity (Wildman–Crippen MR) is 103 cm³/mol. The number of fused-ring (bicyclic) bond motifs is 1. The number of hydrogen-bond acceptors (Lipinski definition) is 5. The van der Waals surface area contributed by atoms with Gasteiger partial charge in [0.15, 0.2) is 0 Å². The summed E-state index contributed by atoms with van der Waals surface area (Å²) in [5, 5.41) is 11.7. The molecule has 1 unspecified atom stereocenters. The lowest BCUT2D eigenvalue weighted by atomic mass is 9.81. The van der Waals surface area contributed by atoms with Crippen LogP contribution in [-0.2, 0) is 14.3 Å². The van der Waals surface area contributed by atoms with E-state index in [1.165, 1.54) is 0 Å². The minimum absolute atomic E-state index is 0.0141. The summed E-state index contributed by atoms with van der Waals surface area (Å²) in [7, 11) is 0. The number of carbonyl (C=O) groups excluding carboxylic acids is 1. The van der Waals surface area contributed by atoms with Gasteiger partial charge in [-0.1, -0.05) is 42.5 Å². The first-order valence-electron chi connectivity index (χ1n) is 8.72. The van der Waals surface area contributed by atoms with E-state index in [9.17, 15) is 10.1 Å². The van der Waals surface area contributed by atoms with Crippen LogP contribution in [0.15, 0.2) is 65.3 Å². The van der Waals surface area contributed by atoms with Crippen molar-refractivity contribution in [3.8, 4) is 6.07 Å². The normalized spacial score (nSPS) is 17.5. The van der Waals surface area contributed by atoms with Crippen molar-refractivity contribution in [3.63, 3.8) is 0 Å². The highest BCUT2D eigenvalue weighted by Gasteiger charge is 2.38. The molecule has 1 atom stereocenters. The molecule has 1 aliphatic heterocycles. The van der Waals surface area contributed by atoms with E-state index in [1.54, 1.807) is 27.7 Å². The van der Waals surface area contributed by atoms with E-state index in [2.05, 4.69) is 6.07 Å². The number of ether oxygens (including phenoxy) is 2. The molecule has 0 aliphatic carbocycles. The van der Waals surface area contributed by atoms with Gasteiger partial charge in [0.2, 0.25) is 5.88 Å². The Morgan fingerprint density at radius 1 is 1.19 bits per heavy atom. The Balaban J connectivity index is 2.24. The van der Waals surface area contributed by atoms with Gasteiger partial charge in [0.05, 0.1) is 11.5 Å². The Hall–Kier alpha value is -3.26. The standard InChI is InChI=1S/C22H22N2O3/c1-13-18(21(25)27-22(2,3)4)19(17(12-23)20(24)26-13)16-11-7-9-14-8-5-6-10-15(14)16/h5-11,19H,24H2,1-4H3. The first-order chi connectivity index (χ1) is 12.7. The number of allylic oxidation sites excluding steroid dienone is 2. The van der Waals surface area contributed by atoms with Gasteiger partial charge in [-0.15, -0.1) is 0 Å². The van der Waals surface area contributed by atoms with Crippen LogP contribution < -0.4 is 5.73 Å². The van der Waals surface area contributed by atoms with Crippen molar-refractivity contribution in [2.45, 2.75) is 39.2 Å². The average molecular weight is 362 g/mol. The van der Waals surface area contributed by atoms with Crippen LogP contribution in [-0.4, -0.2) is 11.6 Å². The minimum Gasteiger partial charge on any atom is -0.456 e. The fourth-order valence-electron chi connectivity index (χ4n) is 3.29. The van der Waals surface area contributed by atoms with Gasteiger partial charge in [-0.3, -0.25) is 0 Å². The highest BCUT2D eigenvalue weighted by molar-refractivity contribution is 5.95. The van der Waals surface area contributed by atoms with Gasteiger partial charge < -0.3 is 15.2 Å². The molecule has 1 heterocycles. The topological polar surface area (TPSA) is 85.3 Å². The number of nitrogens with two attached hydrogens (primary N) is 1. The molecule has 0 radical (unpaired) electrons. The Labute approximate surface area is 158 Å². The zero-order valence-electron chi connectivity index (χ0n) is 15.9. The summed E-state index contributed by atoms with van der Waals surface area (Å²) < 4.78 is 11.1. The van der Waals surface area contributed by atoms with Crippen LogP contribution in [0.3, 0.4) is 0 Å². The van der Waals surface area contributed by atoms with Crippen LogP contribution in [0.2, 0.25) is 0 Å². The predicted octanol–water partition coefficient (Wildman–Crippen LogP) is 4.26. The smallest absolute Gasteiger partial charge is 0.338 e. The van der Waals surface area contributed by atoms with Crippen molar-refractivity contribution in [2.24, 2.45) is 5.73 Å². The monoisotopic (exact) mass is 362 g/mol. The molecule has 0 aromatic heterocycles.